The number of amides is 1. The number of likely N-dealkylation sites (tertiary alicyclic amines) is 1. The lowest BCUT2D eigenvalue weighted by molar-refractivity contribution is -0.126. The van der Waals surface area contributed by atoms with Crippen LogP contribution in [-0.2, 0) is 4.79 Å². The molecule has 0 saturated carbocycles. The summed E-state index contributed by atoms with van der Waals surface area (Å²) in [6.07, 6.45) is 4.29. The van der Waals surface area contributed by atoms with Gasteiger partial charge in [0.2, 0.25) is 5.91 Å². The number of alkyl halides is 4. The Hall–Kier alpha value is -3.03. The van der Waals surface area contributed by atoms with Gasteiger partial charge in [0.15, 0.2) is 0 Å². The summed E-state index contributed by atoms with van der Waals surface area (Å²) in [6.45, 7) is -5.66. The van der Waals surface area contributed by atoms with Gasteiger partial charge >= 0.3 is 13.2 Å². The van der Waals surface area contributed by atoms with E-state index in [1.54, 1.807) is 4.90 Å². The summed E-state index contributed by atoms with van der Waals surface area (Å²) in [6, 6.07) is 13.0. The molecule has 8 heteroatoms. The van der Waals surface area contributed by atoms with Gasteiger partial charge < -0.3 is 14.4 Å². The van der Waals surface area contributed by atoms with Crippen LogP contribution < -0.4 is 9.47 Å². The van der Waals surface area contributed by atoms with Crippen molar-refractivity contribution in [2.24, 2.45) is 0 Å². The molecule has 154 valence electrons. The van der Waals surface area contributed by atoms with E-state index in [4.69, 9.17) is 0 Å². The van der Waals surface area contributed by atoms with E-state index < -0.39 is 13.2 Å². The van der Waals surface area contributed by atoms with Crippen molar-refractivity contribution < 1.29 is 31.8 Å². The van der Waals surface area contributed by atoms with Crippen LogP contribution >= 0.6 is 0 Å². The van der Waals surface area contributed by atoms with Crippen molar-refractivity contribution in [3.63, 3.8) is 0 Å². The van der Waals surface area contributed by atoms with E-state index in [-0.39, 0.29) is 29.0 Å². The Labute approximate surface area is 165 Å². The largest absolute Gasteiger partial charge is 0.435 e. The Morgan fingerprint density at radius 2 is 1.76 bits per heavy atom. The van der Waals surface area contributed by atoms with Crippen LogP contribution in [0.4, 0.5) is 17.6 Å². The summed E-state index contributed by atoms with van der Waals surface area (Å²) < 4.78 is 58.6. The van der Waals surface area contributed by atoms with E-state index in [0.29, 0.717) is 6.54 Å². The van der Waals surface area contributed by atoms with Crippen molar-refractivity contribution in [2.75, 3.05) is 6.54 Å². The molecule has 1 atom stereocenters. The Morgan fingerprint density at radius 3 is 2.45 bits per heavy atom. The van der Waals surface area contributed by atoms with Gasteiger partial charge in [0.1, 0.15) is 11.5 Å². The van der Waals surface area contributed by atoms with Crippen LogP contribution in [0.15, 0.2) is 54.6 Å². The highest BCUT2D eigenvalue weighted by molar-refractivity contribution is 5.92. The monoisotopic (exact) mass is 409 g/mol. The highest BCUT2D eigenvalue weighted by Crippen LogP contribution is 2.33. The van der Waals surface area contributed by atoms with Crippen LogP contribution in [0.5, 0.6) is 11.5 Å². The molecule has 29 heavy (non-hydrogen) atoms. The number of carbonyl (C=O) groups is 1. The van der Waals surface area contributed by atoms with Gasteiger partial charge in [-0.2, -0.15) is 17.6 Å². The van der Waals surface area contributed by atoms with E-state index in [2.05, 4.69) is 9.47 Å². The lowest BCUT2D eigenvalue weighted by Gasteiger charge is -2.23. The Kier molecular flexibility index (Phi) is 6.74. The minimum absolute atomic E-state index is 0.0491. The maximum Gasteiger partial charge on any atom is 0.387 e. The van der Waals surface area contributed by atoms with E-state index in [1.807, 2.05) is 30.3 Å². The van der Waals surface area contributed by atoms with Gasteiger partial charge in [0, 0.05) is 24.3 Å². The predicted octanol–water partition coefficient (Wildman–Crippen LogP) is 5.27. The topological polar surface area (TPSA) is 38.8 Å². The van der Waals surface area contributed by atoms with Crippen molar-refractivity contribution in [2.45, 2.75) is 32.1 Å². The molecule has 1 saturated heterocycles. The summed E-state index contributed by atoms with van der Waals surface area (Å²) in [7, 11) is 0. The molecule has 1 aliphatic rings. The second-order valence-corrected chi connectivity index (χ2v) is 6.39. The number of nitrogens with zero attached hydrogens (tertiary/aromatic N) is 1. The molecule has 0 unspecified atom stereocenters. The van der Waals surface area contributed by atoms with Gasteiger partial charge in [0.05, 0.1) is 6.04 Å². The van der Waals surface area contributed by atoms with Crippen LogP contribution in [0, 0.1) is 0 Å². The SMILES string of the molecule is O=C(/C=C/c1ccc(OC(F)F)cc1OC(F)F)N1CCC[C@@H]1c1ccccc1. The van der Waals surface area contributed by atoms with Crippen molar-refractivity contribution in [3.05, 3.63) is 65.7 Å². The van der Waals surface area contributed by atoms with Crippen LogP contribution in [0.1, 0.15) is 30.0 Å². The number of hydrogen-bond acceptors (Lipinski definition) is 3. The molecule has 0 bridgehead atoms. The summed E-state index contributed by atoms with van der Waals surface area (Å²) in [5.41, 5.74) is 1.18. The van der Waals surface area contributed by atoms with Gasteiger partial charge in [-0.15, -0.1) is 0 Å². The maximum absolute atomic E-state index is 12.7. The van der Waals surface area contributed by atoms with E-state index in [9.17, 15) is 22.4 Å². The highest BCUT2D eigenvalue weighted by atomic mass is 19.3. The predicted molar refractivity (Wildman–Crippen MR) is 98.9 cm³/mol. The molecule has 0 aliphatic carbocycles. The van der Waals surface area contributed by atoms with Gasteiger partial charge in [-0.3, -0.25) is 4.79 Å². The average Bonchev–Trinajstić information content (AvgIpc) is 3.17. The fraction of sp³-hybridized carbons (Fsp3) is 0.286. The standard InChI is InChI=1S/C21H19F4NO3/c22-20(23)28-16-10-8-15(18(13-16)29-21(24)25)9-11-19(27)26-12-4-7-17(26)14-5-2-1-3-6-14/h1-3,5-6,8-11,13,17,20-21H,4,7,12H2/b11-9+/t17-/m1/s1. The molecule has 1 amide bonds. The zero-order chi connectivity index (χ0) is 20.8. The maximum atomic E-state index is 12.7. The van der Waals surface area contributed by atoms with Crippen molar-refractivity contribution >= 4 is 12.0 Å². The first kappa shape index (κ1) is 20.7. The first-order chi connectivity index (χ1) is 13.9. The normalized spacial score (nSPS) is 16.8. The number of hydrogen-bond donors (Lipinski definition) is 0. The summed E-state index contributed by atoms with van der Waals surface area (Å²) in [5.74, 6) is -0.946. The fourth-order valence-corrected chi connectivity index (χ4v) is 3.34. The number of benzene rings is 2. The molecule has 4 nitrogen and oxygen atoms in total. The number of rotatable bonds is 7. The molecule has 2 aromatic rings. The Balaban J connectivity index is 1.78. The van der Waals surface area contributed by atoms with Gasteiger partial charge in [-0.25, -0.2) is 0 Å². The van der Waals surface area contributed by atoms with Gasteiger partial charge in [0.25, 0.3) is 0 Å². The summed E-state index contributed by atoms with van der Waals surface area (Å²) in [4.78, 5) is 14.4. The second-order valence-electron chi connectivity index (χ2n) is 6.39. The van der Waals surface area contributed by atoms with Crippen LogP contribution in [0.2, 0.25) is 0 Å². The smallest absolute Gasteiger partial charge is 0.387 e. The highest BCUT2D eigenvalue weighted by Gasteiger charge is 2.28. The molecule has 1 aliphatic heterocycles. The molecular weight excluding hydrogens is 390 g/mol. The third kappa shape index (κ3) is 5.49. The molecule has 0 radical (unpaired) electrons. The lowest BCUT2D eigenvalue weighted by Crippen LogP contribution is -2.28. The molecule has 0 N–H and O–H groups in total. The minimum atomic E-state index is -3.15. The van der Waals surface area contributed by atoms with Crippen LogP contribution in [-0.4, -0.2) is 30.6 Å². The van der Waals surface area contributed by atoms with Crippen LogP contribution in [0.25, 0.3) is 6.08 Å². The first-order valence-electron chi connectivity index (χ1n) is 9.01. The molecular formula is C21H19F4NO3. The van der Waals surface area contributed by atoms with E-state index >= 15 is 0 Å². The molecule has 0 aromatic heterocycles. The minimum Gasteiger partial charge on any atom is -0.435 e. The third-order valence-corrected chi connectivity index (χ3v) is 4.55. The van der Waals surface area contributed by atoms with E-state index in [0.717, 1.165) is 24.5 Å². The van der Waals surface area contributed by atoms with Crippen molar-refractivity contribution in [1.29, 1.82) is 0 Å². The van der Waals surface area contributed by atoms with Gasteiger partial charge in [-0.05, 0) is 36.6 Å². The average molecular weight is 409 g/mol. The first-order valence-corrected chi connectivity index (χ1v) is 9.01. The number of carbonyl (C=O) groups excluding carboxylic acids is 1. The number of halogens is 4. The number of ether oxygens (including phenoxy) is 2. The van der Waals surface area contributed by atoms with Gasteiger partial charge in [-0.1, -0.05) is 30.3 Å². The molecule has 0 spiro atoms. The second kappa shape index (κ2) is 9.45. The van der Waals surface area contributed by atoms with Crippen molar-refractivity contribution in [3.8, 4) is 11.5 Å². The molecule has 3 rings (SSSR count). The van der Waals surface area contributed by atoms with E-state index in [1.165, 1.54) is 24.3 Å². The molecule has 2 aromatic carbocycles. The fourth-order valence-electron chi connectivity index (χ4n) is 3.34. The zero-order valence-corrected chi connectivity index (χ0v) is 15.3. The van der Waals surface area contributed by atoms with Crippen molar-refractivity contribution in [1.82, 2.24) is 4.90 Å². The quantitative estimate of drug-likeness (QED) is 0.462. The summed E-state index contributed by atoms with van der Waals surface area (Å²) in [5, 5.41) is 0. The third-order valence-electron chi connectivity index (χ3n) is 4.55. The Bertz CT molecular complexity index is 858. The lowest BCUT2D eigenvalue weighted by atomic mass is 10.0. The molecule has 1 fully saturated rings. The Morgan fingerprint density at radius 1 is 1.03 bits per heavy atom. The zero-order valence-electron chi connectivity index (χ0n) is 15.3. The summed E-state index contributed by atoms with van der Waals surface area (Å²) >= 11 is 0. The molecule has 1 heterocycles. The van der Waals surface area contributed by atoms with Crippen LogP contribution in [0.3, 0.4) is 0 Å².